The minimum absolute atomic E-state index is 0.0228. The van der Waals surface area contributed by atoms with Crippen LogP contribution in [0.15, 0.2) is 36.7 Å². The summed E-state index contributed by atoms with van der Waals surface area (Å²) >= 11 is 1.09. The second kappa shape index (κ2) is 13.2. The lowest BCUT2D eigenvalue weighted by Crippen LogP contribution is -2.56. The van der Waals surface area contributed by atoms with Crippen LogP contribution in [-0.2, 0) is 9.47 Å². The molecule has 6 atom stereocenters. The third kappa shape index (κ3) is 6.74. The molecule has 246 valence electrons. The largest absolute Gasteiger partial charge is 0.394 e. The topological polar surface area (TPSA) is 123 Å². The molecule has 0 spiro atoms. The summed E-state index contributed by atoms with van der Waals surface area (Å²) < 4.78 is 83.1. The van der Waals surface area contributed by atoms with Gasteiger partial charge >= 0.3 is 0 Å². The standard InChI is InChI=1S/C30H35F5N4O5S/c1-15(2)17-5-4-10-36-23(17)27(29(42)6-8-30(34,35)9-7-29)45-28-26(43-3)24(25(41)21(14-40)44-28)39-13-20(37-38-39)16-11-18(31)22(33)19(32)12-16/h4-5,10-13,15,21,24-28,40-42H,6-9,14H2,1-3H3/t21-,24+,25+,26-,27?,28+/m1/s1. The molecule has 9 nitrogen and oxygen atoms in total. The summed E-state index contributed by atoms with van der Waals surface area (Å²) in [6, 6.07) is 4.05. The van der Waals surface area contributed by atoms with Crippen molar-refractivity contribution >= 4 is 11.8 Å². The van der Waals surface area contributed by atoms with E-state index in [2.05, 4.69) is 15.3 Å². The van der Waals surface area contributed by atoms with Gasteiger partial charge in [0.25, 0.3) is 0 Å². The summed E-state index contributed by atoms with van der Waals surface area (Å²) in [6.07, 6.45) is -2.20. The fourth-order valence-corrected chi connectivity index (χ4v) is 7.73. The van der Waals surface area contributed by atoms with E-state index in [0.29, 0.717) is 5.69 Å². The first kappa shape index (κ1) is 33.7. The monoisotopic (exact) mass is 658 g/mol. The smallest absolute Gasteiger partial charge is 0.248 e. The molecule has 1 aliphatic carbocycles. The van der Waals surface area contributed by atoms with Gasteiger partial charge in [0.15, 0.2) is 17.5 Å². The Bertz CT molecular complexity index is 1460. The van der Waals surface area contributed by atoms with Crippen molar-refractivity contribution in [3.63, 3.8) is 0 Å². The summed E-state index contributed by atoms with van der Waals surface area (Å²) in [6.45, 7) is 3.28. The van der Waals surface area contributed by atoms with Crippen molar-refractivity contribution in [1.29, 1.82) is 0 Å². The highest BCUT2D eigenvalue weighted by Crippen LogP contribution is 2.53. The Morgan fingerprint density at radius 3 is 2.40 bits per heavy atom. The van der Waals surface area contributed by atoms with Crippen LogP contribution in [0.1, 0.15) is 68.0 Å². The molecule has 1 aromatic carbocycles. The Morgan fingerprint density at radius 1 is 1.13 bits per heavy atom. The number of alkyl halides is 2. The van der Waals surface area contributed by atoms with Crippen LogP contribution in [0.2, 0.25) is 0 Å². The van der Waals surface area contributed by atoms with Crippen LogP contribution in [0.4, 0.5) is 22.0 Å². The van der Waals surface area contributed by atoms with E-state index in [9.17, 15) is 37.3 Å². The Labute approximate surface area is 260 Å². The number of nitrogens with zero attached hydrogens (tertiary/aromatic N) is 4. The van der Waals surface area contributed by atoms with Crippen molar-refractivity contribution in [3.05, 3.63) is 65.4 Å². The Balaban J connectivity index is 1.53. The minimum Gasteiger partial charge on any atom is -0.394 e. The number of hydrogen-bond donors (Lipinski definition) is 3. The maximum atomic E-state index is 14.3. The number of aliphatic hydroxyl groups is 3. The normalized spacial score (nSPS) is 27.1. The lowest BCUT2D eigenvalue weighted by Gasteiger charge is -2.47. The molecule has 5 rings (SSSR count). The molecule has 2 aliphatic rings. The van der Waals surface area contributed by atoms with Crippen LogP contribution >= 0.6 is 11.8 Å². The molecule has 0 bridgehead atoms. The number of methoxy groups -OCH3 is 1. The Kier molecular flexibility index (Phi) is 9.88. The Morgan fingerprint density at radius 2 is 1.80 bits per heavy atom. The van der Waals surface area contributed by atoms with Crippen molar-refractivity contribution in [3.8, 4) is 11.3 Å². The number of aliphatic hydroxyl groups excluding tert-OH is 2. The van der Waals surface area contributed by atoms with E-state index in [-0.39, 0.29) is 30.0 Å². The molecule has 2 aromatic heterocycles. The number of pyridine rings is 1. The first-order valence-electron chi connectivity index (χ1n) is 14.5. The summed E-state index contributed by atoms with van der Waals surface area (Å²) in [5.74, 6) is -7.41. The van der Waals surface area contributed by atoms with Gasteiger partial charge in [0.05, 0.1) is 29.3 Å². The van der Waals surface area contributed by atoms with Crippen LogP contribution in [0.25, 0.3) is 11.3 Å². The summed E-state index contributed by atoms with van der Waals surface area (Å²) in [5.41, 5.74) is -1.45. The molecular weight excluding hydrogens is 623 g/mol. The molecule has 0 amide bonds. The Hall–Kier alpha value is -2.69. The number of rotatable bonds is 9. The fraction of sp³-hybridized carbons (Fsp3) is 0.567. The van der Waals surface area contributed by atoms with Gasteiger partial charge in [0.2, 0.25) is 5.92 Å². The van der Waals surface area contributed by atoms with Gasteiger partial charge in [-0.15, -0.1) is 16.9 Å². The molecule has 1 saturated heterocycles. The molecule has 1 saturated carbocycles. The van der Waals surface area contributed by atoms with E-state index >= 15 is 0 Å². The molecule has 2 fully saturated rings. The minimum atomic E-state index is -2.92. The van der Waals surface area contributed by atoms with Gasteiger partial charge in [0, 0.05) is 31.7 Å². The predicted octanol–water partition coefficient (Wildman–Crippen LogP) is 4.93. The second-order valence-corrected chi connectivity index (χ2v) is 13.1. The first-order chi connectivity index (χ1) is 21.3. The van der Waals surface area contributed by atoms with E-state index in [4.69, 9.17) is 9.47 Å². The average molecular weight is 659 g/mol. The number of hydrogen-bond acceptors (Lipinski definition) is 9. The third-order valence-corrected chi connectivity index (χ3v) is 10.1. The molecule has 3 aromatic rings. The molecule has 0 radical (unpaired) electrons. The fourth-order valence-electron chi connectivity index (χ4n) is 6.01. The highest BCUT2D eigenvalue weighted by Gasteiger charge is 2.53. The van der Waals surface area contributed by atoms with E-state index in [1.165, 1.54) is 18.0 Å². The van der Waals surface area contributed by atoms with Gasteiger partial charge < -0.3 is 24.8 Å². The molecule has 1 unspecified atom stereocenters. The van der Waals surface area contributed by atoms with Crippen molar-refractivity contribution in [2.45, 2.75) is 92.0 Å². The van der Waals surface area contributed by atoms with Crippen molar-refractivity contribution in [2.75, 3.05) is 13.7 Å². The maximum Gasteiger partial charge on any atom is 0.248 e. The molecule has 1 aliphatic heterocycles. The van der Waals surface area contributed by atoms with E-state index in [0.717, 1.165) is 29.5 Å². The first-order valence-corrected chi connectivity index (χ1v) is 15.5. The number of thioether (sulfide) groups is 1. The van der Waals surface area contributed by atoms with Crippen LogP contribution in [-0.4, -0.2) is 84.3 Å². The average Bonchev–Trinajstić information content (AvgIpc) is 3.50. The van der Waals surface area contributed by atoms with Crippen LogP contribution in [0.3, 0.4) is 0 Å². The van der Waals surface area contributed by atoms with E-state index in [1.807, 2.05) is 19.9 Å². The quantitative estimate of drug-likeness (QED) is 0.217. The van der Waals surface area contributed by atoms with Crippen LogP contribution < -0.4 is 0 Å². The van der Waals surface area contributed by atoms with Gasteiger partial charge in [-0.3, -0.25) is 4.98 Å². The number of halogens is 5. The molecule has 3 N–H and O–H groups in total. The van der Waals surface area contributed by atoms with Crippen molar-refractivity contribution in [1.82, 2.24) is 20.0 Å². The van der Waals surface area contributed by atoms with E-state index in [1.54, 1.807) is 12.3 Å². The van der Waals surface area contributed by atoms with Gasteiger partial charge in [-0.2, -0.15) is 0 Å². The SMILES string of the molecule is CO[C@@H]1[C@@H](n2cc(-c3cc(F)c(F)c(F)c3)nn2)[C@@H](O)[C@@H](CO)O[C@H]1SC(c1ncccc1C(C)C)C1(O)CCC(F)(F)CC1. The van der Waals surface area contributed by atoms with Crippen molar-refractivity contribution in [2.24, 2.45) is 0 Å². The highest BCUT2D eigenvalue weighted by atomic mass is 32.2. The maximum absolute atomic E-state index is 14.3. The van der Waals surface area contributed by atoms with Gasteiger partial charge in [0.1, 0.15) is 35.5 Å². The zero-order valence-corrected chi connectivity index (χ0v) is 25.6. The lowest BCUT2D eigenvalue weighted by molar-refractivity contribution is -0.186. The predicted molar refractivity (Wildman–Crippen MR) is 154 cm³/mol. The number of benzene rings is 1. The number of ether oxygens (including phenoxy) is 2. The lowest BCUT2D eigenvalue weighted by atomic mass is 9.78. The zero-order chi connectivity index (χ0) is 32.7. The summed E-state index contributed by atoms with van der Waals surface area (Å²) in [5, 5.41) is 40.5. The number of aromatic nitrogens is 4. The van der Waals surface area contributed by atoms with Gasteiger partial charge in [-0.05, 0) is 42.5 Å². The van der Waals surface area contributed by atoms with Crippen molar-refractivity contribution < 1.29 is 46.7 Å². The molecule has 45 heavy (non-hydrogen) atoms. The van der Waals surface area contributed by atoms with Gasteiger partial charge in [-0.25, -0.2) is 26.6 Å². The molecule has 3 heterocycles. The summed E-state index contributed by atoms with van der Waals surface area (Å²) in [7, 11) is 1.36. The zero-order valence-electron chi connectivity index (χ0n) is 24.8. The third-order valence-electron chi connectivity index (χ3n) is 8.54. The highest BCUT2D eigenvalue weighted by molar-refractivity contribution is 8.00. The second-order valence-electron chi connectivity index (χ2n) is 11.9. The van der Waals surface area contributed by atoms with Crippen LogP contribution in [0.5, 0.6) is 0 Å². The van der Waals surface area contributed by atoms with Crippen LogP contribution in [0, 0.1) is 17.5 Å². The molecular formula is C30H35F5N4O5S. The molecule has 15 heteroatoms. The van der Waals surface area contributed by atoms with E-state index < -0.39 is 83.5 Å². The summed E-state index contributed by atoms with van der Waals surface area (Å²) in [4.78, 5) is 4.58. The van der Waals surface area contributed by atoms with Gasteiger partial charge in [-0.1, -0.05) is 25.1 Å².